The Balaban J connectivity index is 1.25. The standard InChI is InChI=1S/C49H31N7/c50-32-38-25-13-14-27-40(38)43-31-37(29-30-42(43)49-55-46(35-21-9-3-10-22-35)52-47(56-49)36-23-11-4-12-24-36)39-26-15-16-28-41(39)48-53-44(33-17-5-1-6-18-33)51-45(54-48)34-19-7-2-8-20-34/h1-31H. The van der Waals surface area contributed by atoms with E-state index in [4.69, 9.17) is 29.9 Å². The molecule has 7 aromatic carbocycles. The monoisotopic (exact) mass is 717 g/mol. The van der Waals surface area contributed by atoms with Crippen LogP contribution in [-0.2, 0) is 0 Å². The van der Waals surface area contributed by atoms with E-state index >= 15 is 0 Å². The van der Waals surface area contributed by atoms with Crippen LogP contribution in [0.1, 0.15) is 5.56 Å². The van der Waals surface area contributed by atoms with Gasteiger partial charge < -0.3 is 0 Å². The van der Waals surface area contributed by atoms with Gasteiger partial charge in [0.15, 0.2) is 34.9 Å². The molecular formula is C49H31N7. The topological polar surface area (TPSA) is 101 Å². The van der Waals surface area contributed by atoms with Gasteiger partial charge in [-0.2, -0.15) is 5.26 Å². The van der Waals surface area contributed by atoms with Crippen LogP contribution in [-0.4, -0.2) is 29.9 Å². The summed E-state index contributed by atoms with van der Waals surface area (Å²) in [5, 5.41) is 10.3. The minimum absolute atomic E-state index is 0.498. The van der Waals surface area contributed by atoms with Gasteiger partial charge in [-0.15, -0.1) is 0 Å². The summed E-state index contributed by atoms with van der Waals surface area (Å²) in [7, 11) is 0. The smallest absolute Gasteiger partial charge is 0.164 e. The van der Waals surface area contributed by atoms with E-state index in [0.717, 1.165) is 55.6 Å². The molecule has 7 nitrogen and oxygen atoms in total. The summed E-state index contributed by atoms with van der Waals surface area (Å²) in [4.78, 5) is 30.0. The first-order valence-corrected chi connectivity index (χ1v) is 18.2. The normalized spacial score (nSPS) is 10.8. The highest BCUT2D eigenvalue weighted by Crippen LogP contribution is 2.40. The summed E-state index contributed by atoms with van der Waals surface area (Å²) in [6.07, 6.45) is 0. The fourth-order valence-corrected chi connectivity index (χ4v) is 6.73. The molecule has 56 heavy (non-hydrogen) atoms. The molecule has 0 amide bonds. The van der Waals surface area contributed by atoms with Crippen molar-refractivity contribution in [2.24, 2.45) is 0 Å². The van der Waals surface area contributed by atoms with Gasteiger partial charge in [0.25, 0.3) is 0 Å². The molecule has 0 N–H and O–H groups in total. The first-order chi connectivity index (χ1) is 27.7. The lowest BCUT2D eigenvalue weighted by Crippen LogP contribution is -2.02. The van der Waals surface area contributed by atoms with E-state index in [2.05, 4.69) is 24.3 Å². The number of aromatic nitrogens is 6. The van der Waals surface area contributed by atoms with Gasteiger partial charge in [0, 0.05) is 38.9 Å². The van der Waals surface area contributed by atoms with Crippen molar-refractivity contribution in [2.75, 3.05) is 0 Å². The molecular weight excluding hydrogens is 687 g/mol. The largest absolute Gasteiger partial charge is 0.208 e. The Labute approximate surface area is 324 Å². The number of nitrogens with zero attached hydrogens (tertiary/aromatic N) is 7. The number of rotatable bonds is 8. The molecule has 0 unspecified atom stereocenters. The third-order valence-corrected chi connectivity index (χ3v) is 9.48. The lowest BCUT2D eigenvalue weighted by Gasteiger charge is -2.16. The van der Waals surface area contributed by atoms with Gasteiger partial charge in [-0.1, -0.05) is 170 Å². The number of nitriles is 1. The first kappa shape index (κ1) is 33.9. The van der Waals surface area contributed by atoms with Crippen LogP contribution < -0.4 is 0 Å². The van der Waals surface area contributed by atoms with E-state index in [-0.39, 0.29) is 0 Å². The van der Waals surface area contributed by atoms with Gasteiger partial charge in [0.1, 0.15) is 0 Å². The molecule has 9 aromatic rings. The lowest BCUT2D eigenvalue weighted by molar-refractivity contribution is 1.07. The molecule has 0 aliphatic heterocycles. The van der Waals surface area contributed by atoms with Crippen molar-refractivity contribution < 1.29 is 0 Å². The van der Waals surface area contributed by atoms with Gasteiger partial charge in [0.2, 0.25) is 0 Å². The second kappa shape index (κ2) is 15.2. The first-order valence-electron chi connectivity index (χ1n) is 18.2. The summed E-state index contributed by atoms with van der Waals surface area (Å²) >= 11 is 0. The van der Waals surface area contributed by atoms with Crippen molar-refractivity contribution in [3.63, 3.8) is 0 Å². The zero-order valence-electron chi connectivity index (χ0n) is 30.0. The van der Waals surface area contributed by atoms with Gasteiger partial charge in [-0.3, -0.25) is 0 Å². The Hall–Kier alpha value is -7.95. The van der Waals surface area contributed by atoms with Crippen LogP contribution in [0, 0.1) is 11.3 Å². The molecule has 0 atom stereocenters. The highest BCUT2D eigenvalue weighted by molar-refractivity contribution is 5.90. The summed E-state index contributed by atoms with van der Waals surface area (Å²) in [5.41, 5.74) is 9.10. The van der Waals surface area contributed by atoms with E-state index < -0.39 is 0 Å². The average molecular weight is 718 g/mol. The molecule has 0 radical (unpaired) electrons. The predicted octanol–water partition coefficient (Wildman–Crippen LogP) is 11.3. The Morgan fingerprint density at radius 1 is 0.268 bits per heavy atom. The molecule has 0 saturated carbocycles. The van der Waals surface area contributed by atoms with E-state index in [9.17, 15) is 5.26 Å². The molecule has 0 saturated heterocycles. The van der Waals surface area contributed by atoms with Crippen LogP contribution in [0.3, 0.4) is 0 Å². The SMILES string of the molecule is N#Cc1ccccc1-c1cc(-c2ccccc2-c2nc(-c3ccccc3)nc(-c3ccccc3)n2)ccc1-c1nc(-c2ccccc2)nc(-c2ccccc2)n1. The maximum Gasteiger partial charge on any atom is 0.164 e. The summed E-state index contributed by atoms with van der Waals surface area (Å²) in [6, 6.07) is 64.1. The third kappa shape index (κ3) is 6.82. The summed E-state index contributed by atoms with van der Waals surface area (Å²) in [5.74, 6) is 3.33. The Morgan fingerprint density at radius 3 is 1.04 bits per heavy atom. The quantitative estimate of drug-likeness (QED) is 0.154. The van der Waals surface area contributed by atoms with Crippen LogP contribution >= 0.6 is 0 Å². The molecule has 7 heteroatoms. The minimum Gasteiger partial charge on any atom is -0.208 e. The second-order valence-electron chi connectivity index (χ2n) is 13.0. The molecule has 0 spiro atoms. The van der Waals surface area contributed by atoms with Crippen molar-refractivity contribution in [1.29, 1.82) is 5.26 Å². The number of hydrogen-bond donors (Lipinski definition) is 0. The van der Waals surface area contributed by atoms with E-state index in [1.165, 1.54) is 0 Å². The van der Waals surface area contributed by atoms with Crippen LogP contribution in [0.4, 0.5) is 0 Å². The Bertz CT molecular complexity index is 2740. The van der Waals surface area contributed by atoms with E-state index in [1.807, 2.05) is 170 Å². The molecule has 262 valence electrons. The predicted molar refractivity (Wildman–Crippen MR) is 221 cm³/mol. The van der Waals surface area contributed by atoms with Gasteiger partial charge >= 0.3 is 0 Å². The molecule has 0 aliphatic rings. The Kier molecular flexibility index (Phi) is 9.18. The maximum atomic E-state index is 10.3. The van der Waals surface area contributed by atoms with Crippen molar-refractivity contribution in [1.82, 2.24) is 29.9 Å². The van der Waals surface area contributed by atoms with Crippen LogP contribution in [0.25, 0.3) is 90.6 Å². The van der Waals surface area contributed by atoms with Crippen molar-refractivity contribution in [3.8, 4) is 96.7 Å². The lowest BCUT2D eigenvalue weighted by atomic mass is 9.90. The molecule has 0 bridgehead atoms. The molecule has 9 rings (SSSR count). The Morgan fingerprint density at radius 2 is 0.607 bits per heavy atom. The van der Waals surface area contributed by atoms with Crippen LogP contribution in [0.5, 0.6) is 0 Å². The van der Waals surface area contributed by atoms with Crippen molar-refractivity contribution in [2.45, 2.75) is 0 Å². The molecule has 2 heterocycles. The molecule has 0 fully saturated rings. The minimum atomic E-state index is 0.498. The fraction of sp³-hybridized carbons (Fsp3) is 0. The average Bonchev–Trinajstić information content (AvgIpc) is 3.29. The van der Waals surface area contributed by atoms with Gasteiger partial charge in [0.05, 0.1) is 11.6 Å². The van der Waals surface area contributed by atoms with E-state index in [1.54, 1.807) is 0 Å². The zero-order valence-corrected chi connectivity index (χ0v) is 30.0. The van der Waals surface area contributed by atoms with Gasteiger partial charge in [-0.25, -0.2) is 29.9 Å². The second-order valence-corrected chi connectivity index (χ2v) is 13.0. The molecule has 2 aromatic heterocycles. The van der Waals surface area contributed by atoms with Crippen LogP contribution in [0.2, 0.25) is 0 Å². The van der Waals surface area contributed by atoms with Gasteiger partial charge in [-0.05, 0) is 34.9 Å². The maximum absolute atomic E-state index is 10.3. The fourth-order valence-electron chi connectivity index (χ4n) is 6.73. The highest BCUT2D eigenvalue weighted by Gasteiger charge is 2.20. The van der Waals surface area contributed by atoms with E-state index in [0.29, 0.717) is 40.5 Å². The third-order valence-electron chi connectivity index (χ3n) is 9.48. The number of hydrogen-bond acceptors (Lipinski definition) is 7. The number of benzene rings is 7. The molecule has 0 aliphatic carbocycles. The van der Waals surface area contributed by atoms with Crippen LogP contribution in [0.15, 0.2) is 188 Å². The van der Waals surface area contributed by atoms with Crippen molar-refractivity contribution in [3.05, 3.63) is 194 Å². The summed E-state index contributed by atoms with van der Waals surface area (Å²) < 4.78 is 0. The zero-order chi connectivity index (χ0) is 37.7. The van der Waals surface area contributed by atoms with Crippen molar-refractivity contribution >= 4 is 0 Å². The summed E-state index contributed by atoms with van der Waals surface area (Å²) in [6.45, 7) is 0. The highest BCUT2D eigenvalue weighted by atomic mass is 15.0.